The molecule has 25 heavy (non-hydrogen) atoms. The predicted octanol–water partition coefficient (Wildman–Crippen LogP) is 2.68. The highest BCUT2D eigenvalue weighted by molar-refractivity contribution is 7.91. The van der Waals surface area contributed by atoms with Gasteiger partial charge < -0.3 is 5.32 Å². The third kappa shape index (κ3) is 5.37. The first-order valence-corrected chi connectivity index (χ1v) is 11.2. The largest absolute Gasteiger partial charge is 0.351 e. The molecule has 1 aliphatic rings. The van der Waals surface area contributed by atoms with E-state index in [1.807, 2.05) is 30.3 Å². The van der Waals surface area contributed by atoms with Crippen LogP contribution in [-0.4, -0.2) is 37.4 Å². The lowest BCUT2D eigenvalue weighted by Crippen LogP contribution is -2.29. The Morgan fingerprint density at radius 3 is 2.64 bits per heavy atom. The predicted molar refractivity (Wildman–Crippen MR) is 99.7 cm³/mol. The summed E-state index contributed by atoms with van der Waals surface area (Å²) in [5, 5.41) is 5.62. The third-order valence-electron chi connectivity index (χ3n) is 4.49. The van der Waals surface area contributed by atoms with E-state index in [-0.39, 0.29) is 17.4 Å². The standard InChI is InChI=1S/C18H22N2O3S2/c21-18(19-9-6-14-7-10-25(22,23)11-8-14)16-13-24-17(20-16)12-15-4-2-1-3-5-15/h1-5,13-14H,6-12H2,(H,19,21). The Bertz CT molecular complexity index is 802. The fraction of sp³-hybridized carbons (Fsp3) is 0.444. The molecule has 1 aromatic carbocycles. The lowest BCUT2D eigenvalue weighted by Gasteiger charge is -2.21. The van der Waals surface area contributed by atoms with E-state index in [1.54, 1.807) is 5.38 Å². The molecular weight excluding hydrogens is 356 g/mol. The maximum absolute atomic E-state index is 12.2. The summed E-state index contributed by atoms with van der Waals surface area (Å²) < 4.78 is 22.8. The van der Waals surface area contributed by atoms with Gasteiger partial charge in [-0.1, -0.05) is 30.3 Å². The quantitative estimate of drug-likeness (QED) is 0.838. The summed E-state index contributed by atoms with van der Waals surface area (Å²) in [7, 11) is -2.82. The van der Waals surface area contributed by atoms with Crippen LogP contribution in [0.25, 0.3) is 0 Å². The molecule has 1 amide bonds. The van der Waals surface area contributed by atoms with Gasteiger partial charge in [0, 0.05) is 18.3 Å². The van der Waals surface area contributed by atoms with Crippen molar-refractivity contribution in [3.63, 3.8) is 0 Å². The van der Waals surface area contributed by atoms with E-state index < -0.39 is 9.84 Å². The Hall–Kier alpha value is -1.73. The lowest BCUT2D eigenvalue weighted by atomic mass is 9.99. The molecule has 2 aromatic rings. The molecule has 0 spiro atoms. The van der Waals surface area contributed by atoms with Crippen LogP contribution in [0.3, 0.4) is 0 Å². The highest BCUT2D eigenvalue weighted by Crippen LogP contribution is 2.21. The highest BCUT2D eigenvalue weighted by atomic mass is 32.2. The van der Waals surface area contributed by atoms with Gasteiger partial charge in [0.25, 0.3) is 5.91 Å². The van der Waals surface area contributed by atoms with Crippen molar-refractivity contribution in [1.29, 1.82) is 0 Å². The van der Waals surface area contributed by atoms with Crippen LogP contribution in [-0.2, 0) is 16.3 Å². The summed E-state index contributed by atoms with van der Waals surface area (Å²) in [6.07, 6.45) is 2.96. The van der Waals surface area contributed by atoms with Crippen molar-refractivity contribution in [1.82, 2.24) is 10.3 Å². The minimum Gasteiger partial charge on any atom is -0.351 e. The van der Waals surface area contributed by atoms with Gasteiger partial charge in [0.1, 0.15) is 15.5 Å². The summed E-state index contributed by atoms with van der Waals surface area (Å²) in [5.74, 6) is 0.785. The first kappa shape index (κ1) is 18.1. The second kappa shape index (κ2) is 8.10. The Kier molecular flexibility index (Phi) is 5.86. The Morgan fingerprint density at radius 1 is 1.20 bits per heavy atom. The fourth-order valence-electron chi connectivity index (χ4n) is 2.97. The van der Waals surface area contributed by atoms with Gasteiger partial charge in [-0.05, 0) is 30.7 Å². The number of carbonyl (C=O) groups is 1. The van der Waals surface area contributed by atoms with Crippen LogP contribution in [0.4, 0.5) is 0 Å². The average Bonchev–Trinajstić information content (AvgIpc) is 3.06. The van der Waals surface area contributed by atoms with Gasteiger partial charge in [-0.2, -0.15) is 0 Å². The smallest absolute Gasteiger partial charge is 0.270 e. The molecule has 0 atom stereocenters. The number of rotatable bonds is 6. The van der Waals surface area contributed by atoms with Crippen molar-refractivity contribution >= 4 is 27.1 Å². The van der Waals surface area contributed by atoms with E-state index >= 15 is 0 Å². The number of carbonyl (C=O) groups excluding carboxylic acids is 1. The van der Waals surface area contributed by atoms with Crippen LogP contribution in [0.15, 0.2) is 35.7 Å². The summed E-state index contributed by atoms with van der Waals surface area (Å²) >= 11 is 1.50. The van der Waals surface area contributed by atoms with E-state index in [9.17, 15) is 13.2 Å². The number of hydrogen-bond donors (Lipinski definition) is 1. The van der Waals surface area contributed by atoms with Crippen LogP contribution in [0.2, 0.25) is 0 Å². The van der Waals surface area contributed by atoms with E-state index in [1.165, 1.54) is 16.9 Å². The molecule has 1 fully saturated rings. The molecule has 0 saturated carbocycles. The van der Waals surface area contributed by atoms with Gasteiger partial charge in [0.15, 0.2) is 0 Å². The third-order valence-corrected chi connectivity index (χ3v) is 7.06. The molecule has 7 heteroatoms. The van der Waals surface area contributed by atoms with Crippen LogP contribution >= 0.6 is 11.3 Å². The number of nitrogens with one attached hydrogen (secondary N) is 1. The SMILES string of the molecule is O=C(NCCC1CCS(=O)(=O)CC1)c1csc(Cc2ccccc2)n1. The monoisotopic (exact) mass is 378 g/mol. The average molecular weight is 379 g/mol. The number of benzene rings is 1. The number of sulfone groups is 1. The number of amides is 1. The molecule has 0 unspecified atom stereocenters. The molecule has 1 aromatic heterocycles. The topological polar surface area (TPSA) is 76.1 Å². The molecule has 134 valence electrons. The van der Waals surface area contributed by atoms with Gasteiger partial charge in [-0.15, -0.1) is 11.3 Å². The van der Waals surface area contributed by atoms with E-state index in [2.05, 4.69) is 10.3 Å². The number of thiazole rings is 1. The maximum atomic E-state index is 12.2. The molecule has 2 heterocycles. The second-order valence-corrected chi connectivity index (χ2v) is 9.67. The lowest BCUT2D eigenvalue weighted by molar-refractivity contribution is 0.0946. The number of hydrogen-bond acceptors (Lipinski definition) is 5. The van der Waals surface area contributed by atoms with Crippen LogP contribution in [0.5, 0.6) is 0 Å². The van der Waals surface area contributed by atoms with Gasteiger partial charge in [-0.25, -0.2) is 13.4 Å². The van der Waals surface area contributed by atoms with Gasteiger partial charge in [0.2, 0.25) is 0 Å². The number of nitrogens with zero attached hydrogens (tertiary/aromatic N) is 1. The molecule has 0 aliphatic carbocycles. The van der Waals surface area contributed by atoms with Crippen LogP contribution < -0.4 is 5.32 Å². The minimum atomic E-state index is -2.82. The molecule has 0 radical (unpaired) electrons. The van der Waals surface area contributed by atoms with Crippen molar-refractivity contribution in [2.24, 2.45) is 5.92 Å². The van der Waals surface area contributed by atoms with Crippen molar-refractivity contribution in [2.75, 3.05) is 18.1 Å². The molecule has 0 bridgehead atoms. The zero-order valence-electron chi connectivity index (χ0n) is 14.0. The molecule has 1 saturated heterocycles. The van der Waals surface area contributed by atoms with E-state index in [0.29, 0.717) is 31.0 Å². The van der Waals surface area contributed by atoms with Crippen molar-refractivity contribution in [3.8, 4) is 0 Å². The molecule has 5 nitrogen and oxygen atoms in total. The second-order valence-electron chi connectivity index (χ2n) is 6.43. The van der Waals surface area contributed by atoms with Crippen molar-refractivity contribution in [2.45, 2.75) is 25.7 Å². The van der Waals surface area contributed by atoms with Crippen LogP contribution in [0, 0.1) is 5.92 Å². The Morgan fingerprint density at radius 2 is 1.92 bits per heavy atom. The summed E-state index contributed by atoms with van der Waals surface area (Å²) in [5.41, 5.74) is 1.64. The number of aromatic nitrogens is 1. The molecule has 3 rings (SSSR count). The zero-order valence-corrected chi connectivity index (χ0v) is 15.6. The maximum Gasteiger partial charge on any atom is 0.270 e. The van der Waals surface area contributed by atoms with Crippen molar-refractivity contribution in [3.05, 3.63) is 52.0 Å². The van der Waals surface area contributed by atoms with Crippen molar-refractivity contribution < 1.29 is 13.2 Å². The van der Waals surface area contributed by atoms with Gasteiger partial charge >= 0.3 is 0 Å². The first-order chi connectivity index (χ1) is 12.0. The van der Waals surface area contributed by atoms with E-state index in [4.69, 9.17) is 0 Å². The zero-order chi connectivity index (χ0) is 17.7. The van der Waals surface area contributed by atoms with E-state index in [0.717, 1.165) is 17.8 Å². The normalized spacial score (nSPS) is 17.3. The molecule has 1 aliphatic heterocycles. The Balaban J connectivity index is 1.44. The Labute approximate surface area is 152 Å². The highest BCUT2D eigenvalue weighted by Gasteiger charge is 2.23. The molecule has 1 N–H and O–H groups in total. The minimum absolute atomic E-state index is 0.154. The van der Waals surface area contributed by atoms with Gasteiger partial charge in [-0.3, -0.25) is 4.79 Å². The summed E-state index contributed by atoms with van der Waals surface area (Å²) in [6, 6.07) is 10.1. The van der Waals surface area contributed by atoms with Gasteiger partial charge in [0.05, 0.1) is 16.5 Å². The summed E-state index contributed by atoms with van der Waals surface area (Å²) in [6.45, 7) is 0.565. The molecular formula is C18H22N2O3S2. The first-order valence-electron chi connectivity index (χ1n) is 8.49. The summed E-state index contributed by atoms with van der Waals surface area (Å²) in [4.78, 5) is 16.6. The fourth-order valence-corrected chi connectivity index (χ4v) is 5.37. The van der Waals surface area contributed by atoms with Crippen LogP contribution in [0.1, 0.15) is 40.3 Å².